The summed E-state index contributed by atoms with van der Waals surface area (Å²) in [6, 6.07) is 2.18. The molecule has 12 heavy (non-hydrogen) atoms. The van der Waals surface area contributed by atoms with Gasteiger partial charge in [0.25, 0.3) is 0 Å². The van der Waals surface area contributed by atoms with Crippen molar-refractivity contribution in [2.75, 3.05) is 20.1 Å². The highest BCUT2D eigenvalue weighted by Gasteiger charge is 2.18. The first-order chi connectivity index (χ1) is 5.83. The normalized spacial score (nSPS) is 17.4. The van der Waals surface area contributed by atoms with Crippen molar-refractivity contribution in [1.82, 2.24) is 4.90 Å². The summed E-state index contributed by atoms with van der Waals surface area (Å²) < 4.78 is 0. The van der Waals surface area contributed by atoms with Crippen molar-refractivity contribution in [2.45, 2.75) is 32.1 Å². The average Bonchev–Trinajstić information content (AvgIpc) is 1.98. The van der Waals surface area contributed by atoms with E-state index in [2.05, 4.69) is 18.0 Å². The molecule has 1 fully saturated rings. The third kappa shape index (κ3) is 3.23. The summed E-state index contributed by atoms with van der Waals surface area (Å²) in [5, 5.41) is 8.35. The Morgan fingerprint density at radius 3 is 2.75 bits per heavy atom. The predicted molar refractivity (Wildman–Crippen MR) is 49.7 cm³/mol. The molecule has 0 heterocycles. The van der Waals surface area contributed by atoms with Crippen LogP contribution in [0.2, 0.25) is 0 Å². The highest BCUT2D eigenvalue weighted by molar-refractivity contribution is 4.74. The van der Waals surface area contributed by atoms with Crippen LogP contribution in [0.15, 0.2) is 0 Å². The summed E-state index contributed by atoms with van der Waals surface area (Å²) >= 11 is 0. The molecule has 0 aromatic carbocycles. The van der Waals surface area contributed by atoms with Crippen molar-refractivity contribution in [3.8, 4) is 6.07 Å². The molecule has 0 amide bonds. The van der Waals surface area contributed by atoms with Gasteiger partial charge in [0.05, 0.1) is 6.07 Å². The maximum absolute atomic E-state index is 8.35. The smallest absolute Gasteiger partial charge is 0.0622 e. The van der Waals surface area contributed by atoms with Crippen molar-refractivity contribution in [3.63, 3.8) is 0 Å². The van der Waals surface area contributed by atoms with E-state index in [9.17, 15) is 0 Å². The van der Waals surface area contributed by atoms with Gasteiger partial charge in [0.2, 0.25) is 0 Å². The molecule has 1 aliphatic rings. The Morgan fingerprint density at radius 2 is 2.25 bits per heavy atom. The van der Waals surface area contributed by atoms with Crippen molar-refractivity contribution >= 4 is 0 Å². The standard InChI is InChI=1S/C10H18N2/c1-12(8-3-2-7-11)9-10-5-4-6-10/h10H,2-6,8-9H2,1H3. The fraction of sp³-hybridized carbons (Fsp3) is 0.900. The lowest BCUT2D eigenvalue weighted by Crippen LogP contribution is -2.30. The number of rotatable bonds is 5. The summed E-state index contributed by atoms with van der Waals surface area (Å²) in [6.45, 7) is 2.33. The summed E-state index contributed by atoms with van der Waals surface area (Å²) in [4.78, 5) is 2.36. The molecule has 0 spiro atoms. The van der Waals surface area contributed by atoms with Gasteiger partial charge in [-0.05, 0) is 38.8 Å². The zero-order valence-electron chi connectivity index (χ0n) is 7.92. The third-order valence-corrected chi connectivity index (χ3v) is 2.62. The molecule has 68 valence electrons. The number of nitriles is 1. The van der Waals surface area contributed by atoms with Crippen LogP contribution in [0.5, 0.6) is 0 Å². The van der Waals surface area contributed by atoms with Gasteiger partial charge in [0.15, 0.2) is 0 Å². The highest BCUT2D eigenvalue weighted by Crippen LogP contribution is 2.26. The van der Waals surface area contributed by atoms with Crippen LogP contribution >= 0.6 is 0 Å². The molecule has 2 nitrogen and oxygen atoms in total. The molecule has 0 N–H and O–H groups in total. The van der Waals surface area contributed by atoms with Gasteiger partial charge in [-0.3, -0.25) is 0 Å². The molecular weight excluding hydrogens is 148 g/mol. The quantitative estimate of drug-likeness (QED) is 0.584. The van der Waals surface area contributed by atoms with Gasteiger partial charge in [0, 0.05) is 13.0 Å². The second-order valence-corrected chi connectivity index (χ2v) is 3.82. The molecule has 2 heteroatoms. The van der Waals surface area contributed by atoms with E-state index < -0.39 is 0 Å². The Hall–Kier alpha value is -0.550. The van der Waals surface area contributed by atoms with Crippen LogP contribution in [0, 0.1) is 17.2 Å². The molecule has 0 aliphatic heterocycles. The molecular formula is C10H18N2. The van der Waals surface area contributed by atoms with Gasteiger partial charge in [0.1, 0.15) is 0 Å². The van der Waals surface area contributed by atoms with Gasteiger partial charge in [-0.25, -0.2) is 0 Å². The first kappa shape index (κ1) is 9.54. The molecule has 0 atom stereocenters. The SMILES string of the molecule is CN(CCCC#N)CC1CCC1. The molecule has 0 unspecified atom stereocenters. The van der Waals surface area contributed by atoms with Crippen molar-refractivity contribution < 1.29 is 0 Å². The summed E-state index contributed by atoms with van der Waals surface area (Å²) in [7, 11) is 2.16. The van der Waals surface area contributed by atoms with E-state index in [4.69, 9.17) is 5.26 Å². The number of hydrogen-bond acceptors (Lipinski definition) is 2. The molecule has 0 aromatic rings. The van der Waals surface area contributed by atoms with Crippen LogP contribution in [-0.4, -0.2) is 25.0 Å². The van der Waals surface area contributed by atoms with Crippen LogP contribution < -0.4 is 0 Å². The lowest BCUT2D eigenvalue weighted by Gasteiger charge is -2.29. The number of hydrogen-bond donors (Lipinski definition) is 0. The maximum Gasteiger partial charge on any atom is 0.0622 e. The Morgan fingerprint density at radius 1 is 1.50 bits per heavy atom. The summed E-state index contributed by atoms with van der Waals surface area (Å²) in [5.74, 6) is 0.956. The van der Waals surface area contributed by atoms with Crippen LogP contribution in [0.1, 0.15) is 32.1 Å². The third-order valence-electron chi connectivity index (χ3n) is 2.62. The van der Waals surface area contributed by atoms with Crippen molar-refractivity contribution in [2.24, 2.45) is 5.92 Å². The average molecular weight is 166 g/mol. The second-order valence-electron chi connectivity index (χ2n) is 3.82. The first-order valence-corrected chi connectivity index (χ1v) is 4.88. The second kappa shape index (κ2) is 5.16. The van der Waals surface area contributed by atoms with E-state index in [0.29, 0.717) is 6.42 Å². The number of nitrogens with zero attached hydrogens (tertiary/aromatic N) is 2. The first-order valence-electron chi connectivity index (χ1n) is 4.88. The minimum Gasteiger partial charge on any atom is -0.306 e. The van der Waals surface area contributed by atoms with E-state index in [0.717, 1.165) is 18.9 Å². The Bertz CT molecular complexity index is 156. The van der Waals surface area contributed by atoms with E-state index >= 15 is 0 Å². The van der Waals surface area contributed by atoms with Crippen molar-refractivity contribution in [3.05, 3.63) is 0 Å². The molecule has 1 aliphatic carbocycles. The minimum absolute atomic E-state index is 0.703. The molecule has 1 saturated carbocycles. The molecule has 0 radical (unpaired) electrons. The maximum atomic E-state index is 8.35. The van der Waals surface area contributed by atoms with Gasteiger partial charge in [-0.1, -0.05) is 6.42 Å². The zero-order chi connectivity index (χ0) is 8.81. The molecule has 0 bridgehead atoms. The molecule has 0 saturated heterocycles. The fourth-order valence-electron chi connectivity index (χ4n) is 1.64. The summed E-state index contributed by atoms with van der Waals surface area (Å²) in [5.41, 5.74) is 0. The van der Waals surface area contributed by atoms with Crippen LogP contribution in [0.3, 0.4) is 0 Å². The Kier molecular flexibility index (Phi) is 4.10. The van der Waals surface area contributed by atoms with E-state index in [-0.39, 0.29) is 0 Å². The van der Waals surface area contributed by atoms with Crippen molar-refractivity contribution in [1.29, 1.82) is 5.26 Å². The van der Waals surface area contributed by atoms with E-state index in [1.54, 1.807) is 0 Å². The fourth-order valence-corrected chi connectivity index (χ4v) is 1.64. The van der Waals surface area contributed by atoms with Crippen LogP contribution in [0.4, 0.5) is 0 Å². The molecule has 1 rings (SSSR count). The summed E-state index contributed by atoms with van der Waals surface area (Å²) in [6.07, 6.45) is 6.00. The van der Waals surface area contributed by atoms with Gasteiger partial charge >= 0.3 is 0 Å². The predicted octanol–water partition coefficient (Wildman–Crippen LogP) is 2.02. The lowest BCUT2D eigenvalue weighted by atomic mass is 9.85. The van der Waals surface area contributed by atoms with Crippen LogP contribution in [-0.2, 0) is 0 Å². The topological polar surface area (TPSA) is 27.0 Å². The van der Waals surface area contributed by atoms with E-state index in [1.807, 2.05) is 0 Å². The van der Waals surface area contributed by atoms with Gasteiger partial charge in [-0.2, -0.15) is 5.26 Å². The van der Waals surface area contributed by atoms with Gasteiger partial charge < -0.3 is 4.90 Å². The van der Waals surface area contributed by atoms with E-state index in [1.165, 1.54) is 25.8 Å². The minimum atomic E-state index is 0.703. The largest absolute Gasteiger partial charge is 0.306 e. The Balaban J connectivity index is 1.96. The van der Waals surface area contributed by atoms with Crippen LogP contribution in [0.25, 0.3) is 0 Å². The van der Waals surface area contributed by atoms with Gasteiger partial charge in [-0.15, -0.1) is 0 Å². The lowest BCUT2D eigenvalue weighted by molar-refractivity contribution is 0.204. The highest BCUT2D eigenvalue weighted by atomic mass is 15.1. The monoisotopic (exact) mass is 166 g/mol. The zero-order valence-corrected chi connectivity index (χ0v) is 7.92. The number of unbranched alkanes of at least 4 members (excludes halogenated alkanes) is 1. The Labute approximate surface area is 75.2 Å². The molecule has 0 aromatic heterocycles.